The molecule has 1 aliphatic rings. The number of hydrogen-bond acceptors (Lipinski definition) is 4. The van der Waals surface area contributed by atoms with E-state index in [9.17, 15) is 4.79 Å². The Bertz CT molecular complexity index is 836. The summed E-state index contributed by atoms with van der Waals surface area (Å²) in [7, 11) is 0. The highest BCUT2D eigenvalue weighted by molar-refractivity contribution is 7.10. The summed E-state index contributed by atoms with van der Waals surface area (Å²) in [5.74, 6) is 0.114. The van der Waals surface area contributed by atoms with Crippen LogP contribution in [0.15, 0.2) is 40.2 Å². The second-order valence-electron chi connectivity index (χ2n) is 5.61. The van der Waals surface area contributed by atoms with Gasteiger partial charge in [0, 0.05) is 16.8 Å². The summed E-state index contributed by atoms with van der Waals surface area (Å²) in [5, 5.41) is 7.11. The molecule has 3 heterocycles. The fourth-order valence-corrected chi connectivity index (χ4v) is 4.12. The molecule has 1 atom stereocenters. The first-order chi connectivity index (χ1) is 10.7. The maximum Gasteiger partial charge on any atom is 0.229 e. The number of nitrogens with zero attached hydrogens (tertiary/aromatic N) is 2. The first-order valence-corrected chi connectivity index (χ1v) is 8.31. The lowest BCUT2D eigenvalue weighted by molar-refractivity contribution is -0.133. The predicted molar refractivity (Wildman–Crippen MR) is 85.9 cm³/mol. The third kappa shape index (κ3) is 2.13. The molecule has 5 heteroatoms. The molecule has 2 aromatic heterocycles. The van der Waals surface area contributed by atoms with Gasteiger partial charge >= 0.3 is 0 Å². The topological polar surface area (TPSA) is 46.3 Å². The number of rotatable bonds is 2. The molecule has 0 aliphatic carbocycles. The minimum absolute atomic E-state index is 0.114. The fraction of sp³-hybridized carbons (Fsp3) is 0.294. The molecule has 3 aromatic rings. The van der Waals surface area contributed by atoms with E-state index in [2.05, 4.69) is 23.5 Å². The van der Waals surface area contributed by atoms with Gasteiger partial charge in [-0.05, 0) is 42.5 Å². The van der Waals surface area contributed by atoms with E-state index in [-0.39, 0.29) is 11.9 Å². The fourth-order valence-electron chi connectivity index (χ4n) is 3.16. The lowest BCUT2D eigenvalue weighted by Gasteiger charge is -2.33. The summed E-state index contributed by atoms with van der Waals surface area (Å²) in [6.45, 7) is 2.88. The van der Waals surface area contributed by atoms with Gasteiger partial charge in [0.05, 0.1) is 12.5 Å². The Balaban J connectivity index is 1.58. The SMILES string of the molecule is C[C@@H]1c2ccsc2CCN1C(=O)Cc1noc2ccccc12. The summed E-state index contributed by atoms with van der Waals surface area (Å²) in [5.41, 5.74) is 2.75. The van der Waals surface area contributed by atoms with Crippen LogP contribution in [-0.2, 0) is 17.6 Å². The lowest BCUT2D eigenvalue weighted by Crippen LogP contribution is -2.39. The van der Waals surface area contributed by atoms with Crippen LogP contribution in [0.5, 0.6) is 0 Å². The first-order valence-electron chi connectivity index (χ1n) is 7.43. The van der Waals surface area contributed by atoms with Crippen molar-refractivity contribution in [3.8, 4) is 0 Å². The average Bonchev–Trinajstić information content (AvgIpc) is 3.15. The van der Waals surface area contributed by atoms with Crippen LogP contribution in [0.4, 0.5) is 0 Å². The van der Waals surface area contributed by atoms with Gasteiger partial charge in [0.25, 0.3) is 0 Å². The minimum atomic E-state index is 0.114. The molecule has 22 heavy (non-hydrogen) atoms. The van der Waals surface area contributed by atoms with Crippen LogP contribution in [0.2, 0.25) is 0 Å². The zero-order valence-corrected chi connectivity index (χ0v) is 13.1. The van der Waals surface area contributed by atoms with E-state index in [1.54, 1.807) is 11.3 Å². The summed E-state index contributed by atoms with van der Waals surface area (Å²) in [6.07, 6.45) is 1.24. The monoisotopic (exact) mass is 312 g/mol. The number of fused-ring (bicyclic) bond motifs is 2. The number of para-hydroxylation sites is 1. The molecule has 1 aliphatic heterocycles. The molecule has 0 fully saturated rings. The Morgan fingerprint density at radius 2 is 2.27 bits per heavy atom. The van der Waals surface area contributed by atoms with Crippen LogP contribution < -0.4 is 0 Å². The van der Waals surface area contributed by atoms with E-state index in [0.29, 0.717) is 6.42 Å². The third-order valence-corrected chi connectivity index (χ3v) is 5.36. The molecule has 0 N–H and O–H groups in total. The van der Waals surface area contributed by atoms with E-state index in [1.165, 1.54) is 10.4 Å². The number of thiophene rings is 1. The molecule has 0 unspecified atom stereocenters. The van der Waals surface area contributed by atoms with Crippen molar-refractivity contribution in [3.63, 3.8) is 0 Å². The Labute approximate surface area is 132 Å². The minimum Gasteiger partial charge on any atom is -0.356 e. The molecule has 4 rings (SSSR count). The Hall–Kier alpha value is -2.14. The maximum absolute atomic E-state index is 12.7. The first kappa shape index (κ1) is 13.5. The quantitative estimate of drug-likeness (QED) is 0.726. The highest BCUT2D eigenvalue weighted by atomic mass is 32.1. The number of hydrogen-bond donors (Lipinski definition) is 0. The lowest BCUT2D eigenvalue weighted by atomic mass is 10.0. The van der Waals surface area contributed by atoms with Gasteiger partial charge < -0.3 is 9.42 Å². The van der Waals surface area contributed by atoms with Crippen molar-refractivity contribution in [3.05, 3.63) is 51.8 Å². The Kier molecular flexibility index (Phi) is 3.22. The number of carbonyl (C=O) groups is 1. The molecule has 1 aromatic carbocycles. The Morgan fingerprint density at radius 1 is 1.41 bits per heavy atom. The molecular formula is C17H16N2O2S. The van der Waals surface area contributed by atoms with Crippen LogP contribution in [0.3, 0.4) is 0 Å². The average molecular weight is 312 g/mol. The Morgan fingerprint density at radius 3 is 3.18 bits per heavy atom. The van der Waals surface area contributed by atoms with Gasteiger partial charge in [0.1, 0.15) is 5.69 Å². The molecule has 0 saturated carbocycles. The normalized spacial score (nSPS) is 17.7. The highest BCUT2D eigenvalue weighted by Gasteiger charge is 2.29. The van der Waals surface area contributed by atoms with Crippen LogP contribution >= 0.6 is 11.3 Å². The van der Waals surface area contributed by atoms with Crippen LogP contribution in [-0.4, -0.2) is 22.5 Å². The number of amides is 1. The second-order valence-corrected chi connectivity index (χ2v) is 6.62. The maximum atomic E-state index is 12.7. The van der Waals surface area contributed by atoms with Gasteiger partial charge in [-0.25, -0.2) is 0 Å². The van der Waals surface area contributed by atoms with Crippen molar-refractivity contribution in [1.82, 2.24) is 10.1 Å². The summed E-state index contributed by atoms with van der Waals surface area (Å²) < 4.78 is 5.29. The summed E-state index contributed by atoms with van der Waals surface area (Å²) in [6, 6.07) is 9.94. The van der Waals surface area contributed by atoms with Crippen LogP contribution in [0.1, 0.15) is 29.1 Å². The van der Waals surface area contributed by atoms with Gasteiger partial charge in [-0.3, -0.25) is 4.79 Å². The van der Waals surface area contributed by atoms with Gasteiger partial charge in [0.2, 0.25) is 5.91 Å². The van der Waals surface area contributed by atoms with Crippen molar-refractivity contribution in [2.75, 3.05) is 6.54 Å². The van der Waals surface area contributed by atoms with Crippen molar-refractivity contribution in [2.24, 2.45) is 0 Å². The third-order valence-electron chi connectivity index (χ3n) is 4.37. The molecule has 0 radical (unpaired) electrons. The summed E-state index contributed by atoms with van der Waals surface area (Å²) in [4.78, 5) is 16.1. The second kappa shape index (κ2) is 5.25. The highest BCUT2D eigenvalue weighted by Crippen LogP contribution is 2.33. The van der Waals surface area contributed by atoms with Gasteiger partial charge in [-0.15, -0.1) is 11.3 Å². The van der Waals surface area contributed by atoms with Crippen molar-refractivity contribution < 1.29 is 9.32 Å². The summed E-state index contributed by atoms with van der Waals surface area (Å²) >= 11 is 1.78. The number of benzene rings is 1. The zero-order valence-electron chi connectivity index (χ0n) is 12.3. The van der Waals surface area contributed by atoms with Crippen molar-refractivity contribution >= 4 is 28.2 Å². The van der Waals surface area contributed by atoms with E-state index in [0.717, 1.165) is 29.6 Å². The smallest absolute Gasteiger partial charge is 0.229 e. The van der Waals surface area contributed by atoms with Crippen molar-refractivity contribution in [2.45, 2.75) is 25.8 Å². The van der Waals surface area contributed by atoms with Crippen LogP contribution in [0.25, 0.3) is 11.0 Å². The standard InChI is InChI=1S/C17H16N2O2S/c1-11-12-7-9-22-16(12)6-8-19(11)17(20)10-14-13-4-2-3-5-15(13)21-18-14/h2-5,7,9,11H,6,8,10H2,1H3/t11-/m1/s1. The van der Waals surface area contributed by atoms with Gasteiger partial charge in [-0.2, -0.15) is 0 Å². The zero-order chi connectivity index (χ0) is 15.1. The molecule has 1 amide bonds. The van der Waals surface area contributed by atoms with Gasteiger partial charge in [-0.1, -0.05) is 17.3 Å². The van der Waals surface area contributed by atoms with E-state index < -0.39 is 0 Å². The van der Waals surface area contributed by atoms with Crippen LogP contribution in [0, 0.1) is 0 Å². The molecule has 112 valence electrons. The van der Waals surface area contributed by atoms with E-state index in [1.807, 2.05) is 29.2 Å². The number of carbonyl (C=O) groups excluding carboxylic acids is 1. The van der Waals surface area contributed by atoms with E-state index in [4.69, 9.17) is 4.52 Å². The number of aromatic nitrogens is 1. The molecule has 0 saturated heterocycles. The largest absolute Gasteiger partial charge is 0.356 e. The molecule has 0 bridgehead atoms. The van der Waals surface area contributed by atoms with Gasteiger partial charge in [0.15, 0.2) is 5.58 Å². The molecular weight excluding hydrogens is 296 g/mol. The van der Waals surface area contributed by atoms with Crippen molar-refractivity contribution in [1.29, 1.82) is 0 Å². The van der Waals surface area contributed by atoms with E-state index >= 15 is 0 Å². The molecule has 0 spiro atoms. The predicted octanol–water partition coefficient (Wildman–Crippen LogP) is 3.58. The molecule has 4 nitrogen and oxygen atoms in total.